The standard InChI is InChI=1S/C16H14FNO2/c1-11-6-8-12(9-7-11)15(19)10-18-16(20)13-4-2-3-5-14(13)17/h2-9H,10H2,1H3,(H,18,20). The van der Waals surface area contributed by atoms with Crippen molar-refractivity contribution in [2.24, 2.45) is 0 Å². The zero-order valence-electron chi connectivity index (χ0n) is 11.0. The van der Waals surface area contributed by atoms with Crippen molar-refractivity contribution in [1.82, 2.24) is 5.32 Å². The van der Waals surface area contributed by atoms with Gasteiger partial charge in [-0.05, 0) is 19.1 Å². The fraction of sp³-hybridized carbons (Fsp3) is 0.125. The van der Waals surface area contributed by atoms with Gasteiger partial charge in [0.05, 0.1) is 12.1 Å². The average Bonchev–Trinajstić information content (AvgIpc) is 2.45. The number of carbonyl (C=O) groups excluding carboxylic acids is 2. The van der Waals surface area contributed by atoms with E-state index in [9.17, 15) is 14.0 Å². The number of carbonyl (C=O) groups is 2. The lowest BCUT2D eigenvalue weighted by molar-refractivity contribution is 0.0901. The molecule has 0 radical (unpaired) electrons. The maximum Gasteiger partial charge on any atom is 0.254 e. The Morgan fingerprint density at radius 1 is 1.05 bits per heavy atom. The Morgan fingerprint density at radius 2 is 1.70 bits per heavy atom. The molecule has 3 nitrogen and oxygen atoms in total. The molecule has 2 rings (SSSR count). The van der Waals surface area contributed by atoms with E-state index in [1.165, 1.54) is 18.2 Å². The topological polar surface area (TPSA) is 46.2 Å². The maximum absolute atomic E-state index is 13.4. The van der Waals surface area contributed by atoms with Crippen LogP contribution >= 0.6 is 0 Å². The van der Waals surface area contributed by atoms with E-state index >= 15 is 0 Å². The first kappa shape index (κ1) is 13.9. The Bertz CT molecular complexity index is 635. The van der Waals surface area contributed by atoms with Gasteiger partial charge in [0.1, 0.15) is 5.82 Å². The summed E-state index contributed by atoms with van der Waals surface area (Å²) in [5.74, 6) is -1.41. The van der Waals surface area contributed by atoms with Crippen LogP contribution in [0.4, 0.5) is 4.39 Å². The van der Waals surface area contributed by atoms with Crippen LogP contribution in [0.1, 0.15) is 26.3 Å². The molecule has 0 unspecified atom stereocenters. The molecule has 0 heterocycles. The van der Waals surface area contributed by atoms with Gasteiger partial charge in [-0.2, -0.15) is 0 Å². The molecule has 0 aliphatic rings. The van der Waals surface area contributed by atoms with E-state index in [-0.39, 0.29) is 17.9 Å². The zero-order valence-corrected chi connectivity index (χ0v) is 11.0. The highest BCUT2D eigenvalue weighted by atomic mass is 19.1. The summed E-state index contributed by atoms with van der Waals surface area (Å²) in [6.07, 6.45) is 0. The smallest absolute Gasteiger partial charge is 0.254 e. The van der Waals surface area contributed by atoms with Crippen LogP contribution in [0.25, 0.3) is 0 Å². The lowest BCUT2D eigenvalue weighted by Gasteiger charge is -2.06. The van der Waals surface area contributed by atoms with E-state index < -0.39 is 11.7 Å². The number of hydrogen-bond acceptors (Lipinski definition) is 2. The van der Waals surface area contributed by atoms with Gasteiger partial charge in [-0.15, -0.1) is 0 Å². The summed E-state index contributed by atoms with van der Waals surface area (Å²) >= 11 is 0. The summed E-state index contributed by atoms with van der Waals surface area (Å²) in [6.45, 7) is 1.77. The van der Waals surface area contributed by atoms with Crippen LogP contribution in [0.5, 0.6) is 0 Å². The molecule has 0 fully saturated rings. The molecule has 2 aromatic rings. The van der Waals surface area contributed by atoms with Gasteiger partial charge < -0.3 is 5.32 Å². The molecule has 0 spiro atoms. The number of aryl methyl sites for hydroxylation is 1. The van der Waals surface area contributed by atoms with Crippen LogP contribution in [0.2, 0.25) is 0 Å². The Labute approximate surface area is 116 Å². The Kier molecular flexibility index (Phi) is 4.25. The predicted molar refractivity (Wildman–Crippen MR) is 74.2 cm³/mol. The minimum Gasteiger partial charge on any atom is -0.344 e. The Hall–Kier alpha value is -2.49. The van der Waals surface area contributed by atoms with Crippen molar-refractivity contribution >= 4 is 11.7 Å². The molecule has 1 N–H and O–H groups in total. The van der Waals surface area contributed by atoms with Gasteiger partial charge in [-0.1, -0.05) is 42.0 Å². The summed E-state index contributed by atoms with van der Waals surface area (Å²) in [6, 6.07) is 12.7. The SMILES string of the molecule is Cc1ccc(C(=O)CNC(=O)c2ccccc2F)cc1. The third-order valence-corrected chi connectivity index (χ3v) is 2.90. The fourth-order valence-electron chi connectivity index (χ4n) is 1.74. The van der Waals surface area contributed by atoms with Gasteiger partial charge >= 0.3 is 0 Å². The van der Waals surface area contributed by atoms with Gasteiger partial charge in [0.15, 0.2) is 5.78 Å². The summed E-state index contributed by atoms with van der Waals surface area (Å²) in [7, 11) is 0. The van der Waals surface area contributed by atoms with E-state index in [1.54, 1.807) is 18.2 Å². The second-order valence-electron chi connectivity index (χ2n) is 4.45. The third kappa shape index (κ3) is 3.29. The molecule has 0 saturated carbocycles. The highest BCUT2D eigenvalue weighted by Gasteiger charge is 2.12. The Morgan fingerprint density at radius 3 is 2.35 bits per heavy atom. The number of ketones is 1. The van der Waals surface area contributed by atoms with Gasteiger partial charge in [0.25, 0.3) is 5.91 Å². The van der Waals surface area contributed by atoms with Crippen molar-refractivity contribution in [3.05, 3.63) is 71.0 Å². The van der Waals surface area contributed by atoms with Gasteiger partial charge in [0.2, 0.25) is 0 Å². The molecule has 0 atom stereocenters. The molecular weight excluding hydrogens is 257 g/mol. The molecule has 20 heavy (non-hydrogen) atoms. The number of hydrogen-bond donors (Lipinski definition) is 1. The lowest BCUT2D eigenvalue weighted by Crippen LogP contribution is -2.30. The van der Waals surface area contributed by atoms with Crippen molar-refractivity contribution in [3.63, 3.8) is 0 Å². The van der Waals surface area contributed by atoms with E-state index in [4.69, 9.17) is 0 Å². The van der Waals surface area contributed by atoms with Crippen LogP contribution in [0.3, 0.4) is 0 Å². The number of benzene rings is 2. The largest absolute Gasteiger partial charge is 0.344 e. The van der Waals surface area contributed by atoms with E-state index in [1.807, 2.05) is 19.1 Å². The first-order valence-electron chi connectivity index (χ1n) is 6.20. The molecule has 0 aliphatic heterocycles. The van der Waals surface area contributed by atoms with Crippen LogP contribution in [-0.2, 0) is 0 Å². The quantitative estimate of drug-likeness (QED) is 0.869. The summed E-state index contributed by atoms with van der Waals surface area (Å²) in [4.78, 5) is 23.6. The van der Waals surface area contributed by atoms with Crippen molar-refractivity contribution in [3.8, 4) is 0 Å². The van der Waals surface area contributed by atoms with E-state index in [2.05, 4.69) is 5.32 Å². The first-order chi connectivity index (χ1) is 9.58. The molecule has 4 heteroatoms. The average molecular weight is 271 g/mol. The number of Topliss-reactive ketones (excluding diaryl/α,β-unsaturated/α-hetero) is 1. The molecule has 0 aliphatic carbocycles. The summed E-state index contributed by atoms with van der Waals surface area (Å²) in [5, 5.41) is 2.42. The van der Waals surface area contributed by atoms with Gasteiger partial charge in [-0.25, -0.2) is 4.39 Å². The molecular formula is C16H14FNO2. The van der Waals surface area contributed by atoms with Crippen LogP contribution in [0.15, 0.2) is 48.5 Å². The van der Waals surface area contributed by atoms with Crippen LogP contribution < -0.4 is 5.32 Å². The number of halogens is 1. The molecule has 102 valence electrons. The van der Waals surface area contributed by atoms with Crippen LogP contribution in [0, 0.1) is 12.7 Å². The molecule has 0 bridgehead atoms. The van der Waals surface area contributed by atoms with E-state index in [0.29, 0.717) is 5.56 Å². The fourth-order valence-corrected chi connectivity index (χ4v) is 1.74. The summed E-state index contributed by atoms with van der Waals surface area (Å²) < 4.78 is 13.4. The summed E-state index contributed by atoms with van der Waals surface area (Å²) in [5.41, 5.74) is 1.51. The van der Waals surface area contributed by atoms with Gasteiger partial charge in [-0.3, -0.25) is 9.59 Å². The second-order valence-corrected chi connectivity index (χ2v) is 4.45. The zero-order chi connectivity index (χ0) is 14.5. The lowest BCUT2D eigenvalue weighted by atomic mass is 10.1. The van der Waals surface area contributed by atoms with Crippen molar-refractivity contribution in [2.45, 2.75) is 6.92 Å². The van der Waals surface area contributed by atoms with Crippen LogP contribution in [-0.4, -0.2) is 18.2 Å². The highest BCUT2D eigenvalue weighted by molar-refractivity contribution is 6.02. The van der Waals surface area contributed by atoms with E-state index in [0.717, 1.165) is 5.56 Å². The van der Waals surface area contributed by atoms with Crippen molar-refractivity contribution < 1.29 is 14.0 Å². The minimum absolute atomic E-state index is 0.0655. The maximum atomic E-state index is 13.4. The number of amides is 1. The van der Waals surface area contributed by atoms with Gasteiger partial charge in [0, 0.05) is 5.56 Å². The molecule has 2 aromatic carbocycles. The minimum atomic E-state index is -0.604. The van der Waals surface area contributed by atoms with Crippen molar-refractivity contribution in [1.29, 1.82) is 0 Å². The highest BCUT2D eigenvalue weighted by Crippen LogP contribution is 2.06. The first-order valence-corrected chi connectivity index (χ1v) is 6.20. The number of nitrogens with one attached hydrogen (secondary N) is 1. The predicted octanol–water partition coefficient (Wildman–Crippen LogP) is 2.75. The molecule has 1 amide bonds. The molecule has 0 aromatic heterocycles. The number of rotatable bonds is 4. The Balaban J connectivity index is 1.99. The normalized spacial score (nSPS) is 10.1. The third-order valence-electron chi connectivity index (χ3n) is 2.90. The monoisotopic (exact) mass is 271 g/mol. The molecule has 0 saturated heterocycles. The second kappa shape index (κ2) is 6.10. The van der Waals surface area contributed by atoms with Crippen molar-refractivity contribution in [2.75, 3.05) is 6.54 Å².